The van der Waals surface area contributed by atoms with Gasteiger partial charge in [-0.05, 0) is 16.8 Å². The standard InChI is InChI=1S/C14H10O3S/c15-10-7-12(14(16)17)18-11-6-5-8-3-1-2-4-9(8)13(10)11/h1-6,12H,7H2,(H,16,17). The fraction of sp³-hybridized carbons (Fsp3) is 0.143. The molecule has 1 N–H and O–H groups in total. The zero-order chi connectivity index (χ0) is 12.7. The van der Waals surface area contributed by atoms with Gasteiger partial charge in [-0.1, -0.05) is 30.3 Å². The fourth-order valence-corrected chi connectivity index (χ4v) is 3.37. The summed E-state index contributed by atoms with van der Waals surface area (Å²) in [5, 5.41) is 10.3. The van der Waals surface area contributed by atoms with Crippen molar-refractivity contribution in [3.8, 4) is 0 Å². The van der Waals surface area contributed by atoms with Crippen LogP contribution >= 0.6 is 11.8 Å². The SMILES string of the molecule is O=C1CC(C(=O)O)Sc2ccc3ccccc3c21. The number of ketones is 1. The molecule has 3 nitrogen and oxygen atoms in total. The molecule has 0 saturated carbocycles. The third-order valence-electron chi connectivity index (χ3n) is 3.09. The second-order valence-electron chi connectivity index (χ2n) is 4.23. The molecule has 2 aromatic carbocycles. The molecule has 90 valence electrons. The molecule has 18 heavy (non-hydrogen) atoms. The first-order valence-electron chi connectivity index (χ1n) is 5.61. The van der Waals surface area contributed by atoms with E-state index >= 15 is 0 Å². The number of Topliss-reactive ketones (excluding diaryl/α,β-unsaturated/α-hetero) is 1. The number of carbonyl (C=O) groups is 2. The lowest BCUT2D eigenvalue weighted by molar-refractivity contribution is -0.136. The maximum Gasteiger partial charge on any atom is 0.317 e. The lowest BCUT2D eigenvalue weighted by Gasteiger charge is -2.21. The molecule has 0 bridgehead atoms. The Kier molecular flexibility index (Phi) is 2.59. The number of carboxylic acid groups (broad SMARTS) is 1. The van der Waals surface area contributed by atoms with E-state index in [0.717, 1.165) is 15.7 Å². The van der Waals surface area contributed by atoms with Gasteiger partial charge in [0.15, 0.2) is 5.78 Å². The monoisotopic (exact) mass is 258 g/mol. The summed E-state index contributed by atoms with van der Waals surface area (Å²) in [5.41, 5.74) is 0.676. The van der Waals surface area contributed by atoms with Crippen molar-refractivity contribution in [2.24, 2.45) is 0 Å². The molecule has 0 amide bonds. The maximum atomic E-state index is 12.1. The second-order valence-corrected chi connectivity index (χ2v) is 5.48. The zero-order valence-corrected chi connectivity index (χ0v) is 10.2. The van der Waals surface area contributed by atoms with Gasteiger partial charge in [0.05, 0.1) is 0 Å². The number of carboxylic acids is 1. The Balaban J connectivity index is 2.21. The van der Waals surface area contributed by atoms with Crippen molar-refractivity contribution in [2.45, 2.75) is 16.6 Å². The van der Waals surface area contributed by atoms with Crippen molar-refractivity contribution in [1.82, 2.24) is 0 Å². The number of carbonyl (C=O) groups excluding carboxylic acids is 1. The largest absolute Gasteiger partial charge is 0.480 e. The Morgan fingerprint density at radius 2 is 2.00 bits per heavy atom. The summed E-state index contributed by atoms with van der Waals surface area (Å²) in [7, 11) is 0. The smallest absolute Gasteiger partial charge is 0.317 e. The number of fused-ring (bicyclic) bond motifs is 3. The lowest BCUT2D eigenvalue weighted by Crippen LogP contribution is -2.24. The Morgan fingerprint density at radius 1 is 1.22 bits per heavy atom. The van der Waals surface area contributed by atoms with E-state index in [1.165, 1.54) is 11.8 Å². The molecule has 2 aromatic rings. The fourth-order valence-electron chi connectivity index (χ4n) is 2.24. The Bertz CT molecular complexity index is 663. The molecule has 0 aliphatic carbocycles. The molecular weight excluding hydrogens is 248 g/mol. The van der Waals surface area contributed by atoms with Gasteiger partial charge in [0.25, 0.3) is 0 Å². The predicted octanol–water partition coefficient (Wildman–Crippen LogP) is 2.97. The quantitative estimate of drug-likeness (QED) is 0.854. The maximum absolute atomic E-state index is 12.1. The van der Waals surface area contributed by atoms with Gasteiger partial charge in [0, 0.05) is 16.9 Å². The van der Waals surface area contributed by atoms with Gasteiger partial charge in [0.1, 0.15) is 5.25 Å². The highest BCUT2D eigenvalue weighted by Gasteiger charge is 2.31. The summed E-state index contributed by atoms with van der Waals surface area (Å²) in [5.74, 6) is -1.000. The van der Waals surface area contributed by atoms with Crippen LogP contribution in [0.3, 0.4) is 0 Å². The molecule has 3 rings (SSSR count). The van der Waals surface area contributed by atoms with E-state index in [4.69, 9.17) is 5.11 Å². The van der Waals surface area contributed by atoms with Crippen molar-refractivity contribution in [3.63, 3.8) is 0 Å². The zero-order valence-electron chi connectivity index (χ0n) is 9.42. The Labute approximate surface area is 108 Å². The summed E-state index contributed by atoms with van der Waals surface area (Å²) in [6.07, 6.45) is 0.0704. The first-order chi connectivity index (χ1) is 8.66. The number of benzene rings is 2. The number of hydrogen-bond donors (Lipinski definition) is 1. The molecule has 0 aromatic heterocycles. The van der Waals surface area contributed by atoms with E-state index in [9.17, 15) is 9.59 Å². The van der Waals surface area contributed by atoms with Crippen LogP contribution in [-0.4, -0.2) is 22.1 Å². The van der Waals surface area contributed by atoms with Crippen LogP contribution in [0.15, 0.2) is 41.3 Å². The van der Waals surface area contributed by atoms with Crippen LogP contribution in [0.1, 0.15) is 16.8 Å². The van der Waals surface area contributed by atoms with Gasteiger partial charge in [-0.25, -0.2) is 0 Å². The first kappa shape index (κ1) is 11.3. The second kappa shape index (κ2) is 4.14. The van der Waals surface area contributed by atoms with Crippen LogP contribution in [0.4, 0.5) is 0 Å². The van der Waals surface area contributed by atoms with Crippen molar-refractivity contribution in [1.29, 1.82) is 0 Å². The van der Waals surface area contributed by atoms with Crippen LogP contribution in [-0.2, 0) is 4.79 Å². The van der Waals surface area contributed by atoms with Crippen molar-refractivity contribution >= 4 is 34.3 Å². The van der Waals surface area contributed by atoms with Gasteiger partial charge in [0.2, 0.25) is 0 Å². The molecule has 4 heteroatoms. The van der Waals surface area contributed by atoms with Crippen LogP contribution in [0.5, 0.6) is 0 Å². The number of rotatable bonds is 1. The molecular formula is C14H10O3S. The highest BCUT2D eigenvalue weighted by atomic mass is 32.2. The van der Waals surface area contributed by atoms with Crippen LogP contribution in [0.2, 0.25) is 0 Å². The number of thioether (sulfide) groups is 1. The molecule has 1 aliphatic rings. The minimum absolute atomic E-state index is 0.0704. The minimum Gasteiger partial charge on any atom is -0.480 e. The molecule has 1 unspecified atom stereocenters. The third-order valence-corrected chi connectivity index (χ3v) is 4.33. The van der Waals surface area contributed by atoms with Gasteiger partial charge in [-0.2, -0.15) is 0 Å². The summed E-state index contributed by atoms with van der Waals surface area (Å²) in [6, 6.07) is 11.5. The predicted molar refractivity (Wildman–Crippen MR) is 70.2 cm³/mol. The molecule has 1 atom stereocenters. The van der Waals surface area contributed by atoms with Crippen LogP contribution in [0.25, 0.3) is 10.8 Å². The normalized spacial score (nSPS) is 18.7. The molecule has 1 aliphatic heterocycles. The first-order valence-corrected chi connectivity index (χ1v) is 6.49. The van der Waals surface area contributed by atoms with Crippen molar-refractivity contribution in [2.75, 3.05) is 0 Å². The van der Waals surface area contributed by atoms with E-state index in [2.05, 4.69) is 0 Å². The van der Waals surface area contributed by atoms with Crippen molar-refractivity contribution < 1.29 is 14.7 Å². The molecule has 1 heterocycles. The van der Waals surface area contributed by atoms with Gasteiger partial charge in [-0.15, -0.1) is 11.8 Å². The summed E-state index contributed by atoms with van der Waals surface area (Å²) in [6.45, 7) is 0. The highest BCUT2D eigenvalue weighted by molar-refractivity contribution is 8.00. The molecule has 0 fully saturated rings. The minimum atomic E-state index is -0.924. The number of aliphatic carboxylic acids is 1. The topological polar surface area (TPSA) is 54.4 Å². The van der Waals surface area contributed by atoms with Crippen LogP contribution < -0.4 is 0 Å². The van der Waals surface area contributed by atoms with E-state index in [-0.39, 0.29) is 12.2 Å². The van der Waals surface area contributed by atoms with Gasteiger partial charge in [-0.3, -0.25) is 9.59 Å². The van der Waals surface area contributed by atoms with Crippen LogP contribution in [0, 0.1) is 0 Å². The van der Waals surface area contributed by atoms with E-state index in [1.807, 2.05) is 36.4 Å². The van der Waals surface area contributed by atoms with Gasteiger partial charge >= 0.3 is 5.97 Å². The van der Waals surface area contributed by atoms with E-state index in [0.29, 0.717) is 5.56 Å². The highest BCUT2D eigenvalue weighted by Crippen LogP contribution is 2.38. The Morgan fingerprint density at radius 3 is 2.78 bits per heavy atom. The van der Waals surface area contributed by atoms with E-state index in [1.54, 1.807) is 0 Å². The van der Waals surface area contributed by atoms with Gasteiger partial charge < -0.3 is 5.11 Å². The third kappa shape index (κ3) is 1.69. The molecule has 0 spiro atoms. The lowest BCUT2D eigenvalue weighted by atomic mass is 9.98. The van der Waals surface area contributed by atoms with Crippen molar-refractivity contribution in [3.05, 3.63) is 42.0 Å². The summed E-state index contributed by atoms with van der Waals surface area (Å²) >= 11 is 1.26. The Hall–Kier alpha value is -1.81. The average Bonchev–Trinajstić information content (AvgIpc) is 2.37. The average molecular weight is 258 g/mol. The number of hydrogen-bond acceptors (Lipinski definition) is 3. The van der Waals surface area contributed by atoms with E-state index < -0.39 is 11.2 Å². The molecule has 0 saturated heterocycles. The summed E-state index contributed by atoms with van der Waals surface area (Å²) in [4.78, 5) is 23.9. The molecule has 0 radical (unpaired) electrons. The summed E-state index contributed by atoms with van der Waals surface area (Å²) < 4.78 is 0.